The van der Waals surface area contributed by atoms with Crippen molar-refractivity contribution < 1.29 is 0 Å². The highest BCUT2D eigenvalue weighted by Crippen LogP contribution is 2.32. The molecule has 0 bridgehead atoms. The Morgan fingerprint density at radius 2 is 0.429 bits per heavy atom. The molecule has 0 aliphatic heterocycles. The Morgan fingerprint density at radius 3 is 0.643 bits per heavy atom. The number of hydrogen-bond acceptors (Lipinski definition) is 0. The van der Waals surface area contributed by atoms with Gasteiger partial charge >= 0.3 is 0 Å². The van der Waals surface area contributed by atoms with Crippen LogP contribution in [-0.4, -0.2) is 7.28 Å². The van der Waals surface area contributed by atoms with Gasteiger partial charge in [0.2, 0.25) is 0 Å². The van der Waals surface area contributed by atoms with Gasteiger partial charge in [-0.25, -0.2) is 0 Å². The molecule has 0 heterocycles. The van der Waals surface area contributed by atoms with Gasteiger partial charge in [-0.1, -0.05) is 172 Å². The number of hydrogen-bond donors (Lipinski definition) is 0. The minimum Gasteiger partial charge on any atom is -0.0686 e. The molecule has 1 radical (unpaired) electrons. The van der Waals surface area contributed by atoms with Gasteiger partial charge in [-0.05, 0) is 0 Å². The summed E-state index contributed by atoms with van der Waals surface area (Å²) in [4.78, 5) is 0. The van der Waals surface area contributed by atoms with E-state index < -0.39 is 0 Å². The van der Waals surface area contributed by atoms with Crippen molar-refractivity contribution in [3.8, 4) is 0 Å². The zero-order valence-corrected chi connectivity index (χ0v) is 19.4. The van der Waals surface area contributed by atoms with Crippen LogP contribution >= 0.6 is 0 Å². The zero-order valence-electron chi connectivity index (χ0n) is 19.4. The van der Waals surface area contributed by atoms with Gasteiger partial charge < -0.3 is 0 Å². The highest BCUT2D eigenvalue weighted by molar-refractivity contribution is 6.39. The van der Waals surface area contributed by atoms with Gasteiger partial charge in [-0.3, -0.25) is 0 Å². The monoisotopic (exact) mass is 387 g/mol. The Morgan fingerprint density at radius 1 is 0.250 bits per heavy atom. The molecular formula is C27H52B. The minimum absolute atomic E-state index is 0.934. The third-order valence-corrected chi connectivity index (χ3v) is 7.59. The van der Waals surface area contributed by atoms with Crippen LogP contribution in [0.2, 0.25) is 11.6 Å². The van der Waals surface area contributed by atoms with E-state index in [0.29, 0.717) is 0 Å². The average molecular weight is 388 g/mol. The predicted octanol–water partition coefficient (Wildman–Crippen LogP) is 10.0. The molecule has 0 unspecified atom stereocenters. The first-order chi connectivity index (χ1) is 13.9. The molecule has 28 heavy (non-hydrogen) atoms. The van der Waals surface area contributed by atoms with Gasteiger partial charge in [-0.15, -0.1) is 0 Å². The fourth-order valence-corrected chi connectivity index (χ4v) is 5.69. The average Bonchev–Trinajstić information content (AvgIpc) is 2.73. The maximum atomic E-state index is 2.89. The van der Waals surface area contributed by atoms with Crippen molar-refractivity contribution in [1.29, 1.82) is 0 Å². The molecule has 0 atom stereocenters. The molecule has 0 spiro atoms. The third kappa shape index (κ3) is 13.3. The van der Waals surface area contributed by atoms with Crippen molar-refractivity contribution in [3.63, 3.8) is 0 Å². The zero-order chi connectivity index (χ0) is 19.5. The van der Waals surface area contributed by atoms with Gasteiger partial charge in [0.15, 0.2) is 0 Å². The molecule has 0 amide bonds. The van der Waals surface area contributed by atoms with E-state index in [1.54, 1.807) is 0 Å². The second-order valence-electron chi connectivity index (χ2n) is 10.3. The van der Waals surface area contributed by atoms with Crippen molar-refractivity contribution in [2.75, 3.05) is 0 Å². The highest BCUT2D eigenvalue weighted by Gasteiger charge is 2.18. The summed E-state index contributed by atoms with van der Waals surface area (Å²) < 4.78 is 0. The van der Waals surface area contributed by atoms with Crippen LogP contribution < -0.4 is 0 Å². The van der Waals surface area contributed by atoms with Gasteiger partial charge in [0.05, 0.1) is 0 Å². The van der Waals surface area contributed by atoms with Crippen LogP contribution in [0.15, 0.2) is 0 Å². The van der Waals surface area contributed by atoms with E-state index in [2.05, 4.69) is 7.28 Å². The van der Waals surface area contributed by atoms with E-state index in [-0.39, 0.29) is 0 Å². The quantitative estimate of drug-likeness (QED) is 0.413. The second-order valence-corrected chi connectivity index (χ2v) is 10.3. The molecule has 0 N–H and O–H groups in total. The molecular weight excluding hydrogens is 335 g/mol. The van der Waals surface area contributed by atoms with E-state index in [4.69, 9.17) is 0 Å². The standard InChI is InChI=1S/C27H52B/c1-2-6-10-14-18-22-26(23-19-15-11-7-3-1)28-27-24-20-16-12-8-4-5-9-13-17-21-25-27/h26-27H,1-25H2. The van der Waals surface area contributed by atoms with Crippen molar-refractivity contribution in [3.05, 3.63) is 0 Å². The molecule has 2 aliphatic carbocycles. The Bertz CT molecular complexity index is 298. The summed E-state index contributed by atoms with van der Waals surface area (Å²) in [5.74, 6) is 1.87. The van der Waals surface area contributed by atoms with E-state index in [1.165, 1.54) is 161 Å². The summed E-state index contributed by atoms with van der Waals surface area (Å²) in [5, 5.41) is 0. The fourth-order valence-electron chi connectivity index (χ4n) is 5.69. The summed E-state index contributed by atoms with van der Waals surface area (Å²) >= 11 is 0. The molecule has 2 saturated carbocycles. The molecule has 0 aromatic rings. The van der Waals surface area contributed by atoms with Crippen LogP contribution in [0.3, 0.4) is 0 Å². The number of rotatable bonds is 2. The summed E-state index contributed by atoms with van der Waals surface area (Å²) in [6, 6.07) is 0. The first-order valence-corrected chi connectivity index (χ1v) is 13.8. The lowest BCUT2D eigenvalue weighted by atomic mass is 9.50. The Kier molecular flexibility index (Phi) is 15.5. The van der Waals surface area contributed by atoms with Crippen LogP contribution in [0.5, 0.6) is 0 Å². The van der Waals surface area contributed by atoms with Crippen LogP contribution in [0, 0.1) is 0 Å². The predicted molar refractivity (Wildman–Crippen MR) is 129 cm³/mol. The normalized spacial score (nSPS) is 25.6. The van der Waals surface area contributed by atoms with Gasteiger partial charge in [0.25, 0.3) is 0 Å². The van der Waals surface area contributed by atoms with Crippen LogP contribution in [-0.2, 0) is 0 Å². The molecule has 0 saturated heterocycles. The Labute approximate surface area is 179 Å². The lowest BCUT2D eigenvalue weighted by molar-refractivity contribution is 0.496. The molecule has 163 valence electrons. The highest BCUT2D eigenvalue weighted by atomic mass is 14.1. The summed E-state index contributed by atoms with van der Waals surface area (Å²) in [7, 11) is 2.89. The van der Waals surface area contributed by atoms with Gasteiger partial charge in [0.1, 0.15) is 7.28 Å². The van der Waals surface area contributed by atoms with E-state index in [0.717, 1.165) is 11.6 Å². The molecule has 0 aromatic heterocycles. The molecule has 2 fully saturated rings. The van der Waals surface area contributed by atoms with Crippen molar-refractivity contribution in [1.82, 2.24) is 0 Å². The fraction of sp³-hybridized carbons (Fsp3) is 1.00. The lowest BCUT2D eigenvalue weighted by Gasteiger charge is -2.23. The van der Waals surface area contributed by atoms with Crippen molar-refractivity contribution >= 4 is 7.28 Å². The Balaban J connectivity index is 1.77. The first-order valence-electron chi connectivity index (χ1n) is 13.8. The minimum atomic E-state index is 0.934. The Hall–Kier alpha value is 0.0649. The lowest BCUT2D eigenvalue weighted by Crippen LogP contribution is -2.13. The van der Waals surface area contributed by atoms with Gasteiger partial charge in [0, 0.05) is 0 Å². The first kappa shape index (κ1) is 24.3. The molecule has 1 heteroatoms. The van der Waals surface area contributed by atoms with E-state index in [9.17, 15) is 0 Å². The third-order valence-electron chi connectivity index (χ3n) is 7.59. The summed E-state index contributed by atoms with van der Waals surface area (Å²) in [6.45, 7) is 0. The van der Waals surface area contributed by atoms with Gasteiger partial charge in [-0.2, -0.15) is 0 Å². The molecule has 0 nitrogen and oxygen atoms in total. The topological polar surface area (TPSA) is 0 Å². The van der Waals surface area contributed by atoms with E-state index in [1.807, 2.05) is 0 Å². The van der Waals surface area contributed by atoms with Crippen LogP contribution in [0.25, 0.3) is 0 Å². The second kappa shape index (κ2) is 17.9. The maximum absolute atomic E-state index is 2.89. The summed E-state index contributed by atoms with van der Waals surface area (Å²) in [6.07, 6.45) is 37.4. The van der Waals surface area contributed by atoms with Crippen LogP contribution in [0.1, 0.15) is 161 Å². The molecule has 0 aromatic carbocycles. The van der Waals surface area contributed by atoms with Crippen molar-refractivity contribution in [2.24, 2.45) is 0 Å². The van der Waals surface area contributed by atoms with Crippen LogP contribution in [0.4, 0.5) is 0 Å². The molecule has 2 aliphatic rings. The largest absolute Gasteiger partial charge is 0.117 e. The maximum Gasteiger partial charge on any atom is 0.117 e. The molecule has 2 rings (SSSR count). The smallest absolute Gasteiger partial charge is 0.0686 e. The SMILES string of the molecule is [B](C1CCCCCCCCCCCCC1)C1CCCCCCCCCCCC1. The van der Waals surface area contributed by atoms with Crippen molar-refractivity contribution in [2.45, 2.75) is 172 Å². The van der Waals surface area contributed by atoms with E-state index >= 15 is 0 Å². The summed E-state index contributed by atoms with van der Waals surface area (Å²) in [5.41, 5.74) is 0.